The minimum absolute atomic E-state index is 0.101. The average molecular weight is 403 g/mol. The summed E-state index contributed by atoms with van der Waals surface area (Å²) in [5.74, 6) is 0.0588. The summed E-state index contributed by atoms with van der Waals surface area (Å²) in [7, 11) is 3.35. The number of thiazole rings is 2. The molecule has 2 N–H and O–H groups in total. The molecule has 140 valence electrons. The Morgan fingerprint density at radius 3 is 2.59 bits per heavy atom. The van der Waals surface area contributed by atoms with Gasteiger partial charge < -0.3 is 15.5 Å². The third-order valence-electron chi connectivity index (χ3n) is 3.32. The highest BCUT2D eigenvalue weighted by molar-refractivity contribution is 7.17. The fraction of sp³-hybridized carbons (Fsp3) is 0.250. The molecular weight excluding hydrogens is 386 g/mol. The number of carbonyl (C=O) groups excluding carboxylic acids is 2. The second-order valence-electron chi connectivity index (χ2n) is 5.70. The van der Waals surface area contributed by atoms with Gasteiger partial charge in [0, 0.05) is 31.9 Å². The Morgan fingerprint density at radius 2 is 1.89 bits per heavy atom. The number of anilines is 3. The van der Waals surface area contributed by atoms with Crippen LogP contribution in [0.1, 0.15) is 21.1 Å². The monoisotopic (exact) mass is 403 g/mol. The average Bonchev–Trinajstić information content (AvgIpc) is 3.21. The molecule has 0 saturated heterocycles. The third kappa shape index (κ3) is 4.83. The predicted octanol–water partition coefficient (Wildman–Crippen LogP) is 2.32. The van der Waals surface area contributed by atoms with Crippen molar-refractivity contribution in [2.75, 3.05) is 24.7 Å². The Hall–Kier alpha value is -2.92. The smallest absolute Gasteiger partial charge is 0.265 e. The van der Waals surface area contributed by atoms with E-state index >= 15 is 0 Å². The number of nitrogens with zero attached hydrogens (tertiary/aromatic N) is 5. The zero-order valence-electron chi connectivity index (χ0n) is 14.9. The molecule has 0 fully saturated rings. The Balaban J connectivity index is 1.60. The van der Waals surface area contributed by atoms with E-state index in [1.54, 1.807) is 44.9 Å². The fourth-order valence-electron chi connectivity index (χ4n) is 2.08. The molecular formula is C16H17N7O2S2. The van der Waals surface area contributed by atoms with Crippen LogP contribution in [-0.4, -0.2) is 50.7 Å². The SMILES string of the molecule is Cc1nc(NC(=O)Cc2csc(Nc3ncccn3)n2)sc1C(=O)N(C)C. The number of aryl methyl sites for hydroxylation is 1. The van der Waals surface area contributed by atoms with Crippen molar-refractivity contribution in [3.05, 3.63) is 40.1 Å². The number of rotatable bonds is 6. The summed E-state index contributed by atoms with van der Waals surface area (Å²) < 4.78 is 0. The van der Waals surface area contributed by atoms with Crippen molar-refractivity contribution in [2.45, 2.75) is 13.3 Å². The van der Waals surface area contributed by atoms with E-state index in [0.29, 0.717) is 32.5 Å². The maximum atomic E-state index is 12.3. The summed E-state index contributed by atoms with van der Waals surface area (Å²) >= 11 is 2.52. The van der Waals surface area contributed by atoms with Crippen LogP contribution in [0.25, 0.3) is 0 Å². The Labute approximate surface area is 163 Å². The van der Waals surface area contributed by atoms with Crippen molar-refractivity contribution in [3.8, 4) is 0 Å². The lowest BCUT2D eigenvalue weighted by Crippen LogP contribution is -2.21. The molecule has 0 aliphatic rings. The fourth-order valence-corrected chi connectivity index (χ4v) is 3.79. The van der Waals surface area contributed by atoms with Crippen LogP contribution in [0.5, 0.6) is 0 Å². The Bertz CT molecular complexity index is 953. The second kappa shape index (κ2) is 8.18. The number of hydrogen-bond donors (Lipinski definition) is 2. The van der Waals surface area contributed by atoms with Crippen LogP contribution in [0.2, 0.25) is 0 Å². The molecule has 0 unspecified atom stereocenters. The lowest BCUT2D eigenvalue weighted by molar-refractivity contribution is -0.115. The normalized spacial score (nSPS) is 10.5. The van der Waals surface area contributed by atoms with Crippen molar-refractivity contribution in [3.63, 3.8) is 0 Å². The van der Waals surface area contributed by atoms with Crippen molar-refractivity contribution < 1.29 is 9.59 Å². The summed E-state index contributed by atoms with van der Waals surface area (Å²) in [5.41, 5.74) is 1.21. The zero-order chi connectivity index (χ0) is 19.4. The molecule has 11 heteroatoms. The highest BCUT2D eigenvalue weighted by Crippen LogP contribution is 2.24. The van der Waals surface area contributed by atoms with Crippen LogP contribution < -0.4 is 10.6 Å². The summed E-state index contributed by atoms with van der Waals surface area (Å²) in [6.45, 7) is 1.74. The van der Waals surface area contributed by atoms with E-state index in [2.05, 4.69) is 30.6 Å². The number of aromatic nitrogens is 4. The van der Waals surface area contributed by atoms with Gasteiger partial charge in [-0.2, -0.15) is 0 Å². The number of carbonyl (C=O) groups is 2. The van der Waals surface area contributed by atoms with E-state index in [1.807, 2.05) is 0 Å². The van der Waals surface area contributed by atoms with Crippen LogP contribution >= 0.6 is 22.7 Å². The zero-order valence-corrected chi connectivity index (χ0v) is 16.5. The van der Waals surface area contributed by atoms with Crippen LogP contribution in [-0.2, 0) is 11.2 Å². The van der Waals surface area contributed by atoms with Gasteiger partial charge in [-0.05, 0) is 13.0 Å². The molecule has 27 heavy (non-hydrogen) atoms. The van der Waals surface area contributed by atoms with Gasteiger partial charge in [0.1, 0.15) is 4.88 Å². The molecule has 0 spiro atoms. The topological polar surface area (TPSA) is 113 Å². The van der Waals surface area contributed by atoms with Crippen LogP contribution in [0.4, 0.5) is 16.2 Å². The number of amides is 2. The first-order valence-corrected chi connectivity index (χ1v) is 9.59. The standard InChI is InChI=1S/C16H17N7O2S2/c1-9-12(13(25)23(2)3)27-16(19-9)21-11(24)7-10-8-26-15(20-10)22-14-17-5-4-6-18-14/h4-6,8H,7H2,1-3H3,(H,19,21,24)(H,17,18,20,22). The predicted molar refractivity (Wildman–Crippen MR) is 105 cm³/mol. The van der Waals surface area contributed by atoms with Gasteiger partial charge in [0.05, 0.1) is 17.8 Å². The molecule has 3 aromatic rings. The molecule has 2 amide bonds. The molecule has 9 nitrogen and oxygen atoms in total. The molecule has 0 saturated carbocycles. The van der Waals surface area contributed by atoms with E-state index in [1.165, 1.54) is 16.2 Å². The minimum Gasteiger partial charge on any atom is -0.344 e. The van der Waals surface area contributed by atoms with Gasteiger partial charge in [0.15, 0.2) is 10.3 Å². The molecule has 0 aliphatic carbocycles. The van der Waals surface area contributed by atoms with Crippen molar-refractivity contribution in [1.29, 1.82) is 0 Å². The van der Waals surface area contributed by atoms with Crippen LogP contribution in [0, 0.1) is 6.92 Å². The second-order valence-corrected chi connectivity index (χ2v) is 7.56. The molecule has 0 atom stereocenters. The molecule has 0 aromatic carbocycles. The van der Waals surface area contributed by atoms with Crippen molar-refractivity contribution >= 4 is 50.7 Å². The largest absolute Gasteiger partial charge is 0.344 e. The third-order valence-corrected chi connectivity index (χ3v) is 5.19. The lowest BCUT2D eigenvalue weighted by atomic mass is 10.3. The first-order valence-electron chi connectivity index (χ1n) is 7.89. The first kappa shape index (κ1) is 18.9. The van der Waals surface area contributed by atoms with Crippen LogP contribution in [0.3, 0.4) is 0 Å². The van der Waals surface area contributed by atoms with Gasteiger partial charge in [-0.25, -0.2) is 19.9 Å². The molecule has 0 radical (unpaired) electrons. The highest BCUT2D eigenvalue weighted by atomic mass is 32.1. The Morgan fingerprint density at radius 1 is 1.15 bits per heavy atom. The molecule has 0 aliphatic heterocycles. The molecule has 0 bridgehead atoms. The first-order chi connectivity index (χ1) is 12.9. The van der Waals surface area contributed by atoms with Crippen LogP contribution in [0.15, 0.2) is 23.8 Å². The van der Waals surface area contributed by atoms with Crippen molar-refractivity contribution in [2.24, 2.45) is 0 Å². The molecule has 3 rings (SSSR count). The van der Waals surface area contributed by atoms with Crippen molar-refractivity contribution in [1.82, 2.24) is 24.8 Å². The maximum absolute atomic E-state index is 12.3. The van der Waals surface area contributed by atoms with Gasteiger partial charge in [0.2, 0.25) is 11.9 Å². The van der Waals surface area contributed by atoms with E-state index in [9.17, 15) is 9.59 Å². The summed E-state index contributed by atoms with van der Waals surface area (Å²) in [4.78, 5) is 43.0. The summed E-state index contributed by atoms with van der Waals surface area (Å²) in [5, 5.41) is 8.50. The van der Waals surface area contributed by atoms with Gasteiger partial charge in [-0.3, -0.25) is 9.59 Å². The minimum atomic E-state index is -0.250. The summed E-state index contributed by atoms with van der Waals surface area (Å²) in [6, 6.07) is 1.72. The summed E-state index contributed by atoms with van der Waals surface area (Å²) in [6.07, 6.45) is 3.36. The van der Waals surface area contributed by atoms with E-state index in [-0.39, 0.29) is 18.2 Å². The number of hydrogen-bond acceptors (Lipinski definition) is 9. The number of nitrogens with one attached hydrogen (secondary N) is 2. The van der Waals surface area contributed by atoms with Gasteiger partial charge in [-0.1, -0.05) is 11.3 Å². The molecule has 3 heterocycles. The van der Waals surface area contributed by atoms with E-state index in [0.717, 1.165) is 11.3 Å². The molecule has 3 aromatic heterocycles. The van der Waals surface area contributed by atoms with E-state index in [4.69, 9.17) is 0 Å². The maximum Gasteiger partial charge on any atom is 0.265 e. The highest BCUT2D eigenvalue weighted by Gasteiger charge is 2.18. The van der Waals surface area contributed by atoms with E-state index < -0.39 is 0 Å². The quantitative estimate of drug-likeness (QED) is 0.649. The van der Waals surface area contributed by atoms with Gasteiger partial charge >= 0.3 is 0 Å². The van der Waals surface area contributed by atoms with Gasteiger partial charge in [0.25, 0.3) is 5.91 Å². The Kier molecular flexibility index (Phi) is 5.72. The lowest BCUT2D eigenvalue weighted by Gasteiger charge is -2.07. The van der Waals surface area contributed by atoms with Gasteiger partial charge in [-0.15, -0.1) is 11.3 Å².